The van der Waals surface area contributed by atoms with Crippen LogP contribution in [0.3, 0.4) is 0 Å². The molecular weight excluding hydrogens is 342 g/mol. The summed E-state index contributed by atoms with van der Waals surface area (Å²) in [6.45, 7) is 0.0716. The van der Waals surface area contributed by atoms with Crippen LogP contribution in [0.1, 0.15) is 15.9 Å². The molecule has 3 rings (SSSR count). The van der Waals surface area contributed by atoms with Gasteiger partial charge in [0.25, 0.3) is 11.5 Å². The van der Waals surface area contributed by atoms with Gasteiger partial charge >= 0.3 is 5.69 Å². The Bertz CT molecular complexity index is 1030. The normalized spacial score (nSPS) is 10.4. The number of amides is 1. The van der Waals surface area contributed by atoms with Gasteiger partial charge < -0.3 is 10.3 Å². The van der Waals surface area contributed by atoms with Gasteiger partial charge in [-0.2, -0.15) is 0 Å². The molecule has 6 nitrogen and oxygen atoms in total. The molecule has 25 heavy (non-hydrogen) atoms. The van der Waals surface area contributed by atoms with Gasteiger partial charge in [-0.25, -0.2) is 4.79 Å². The molecule has 0 radical (unpaired) electrons. The predicted octanol–water partition coefficient (Wildman–Crippen LogP) is 2.49. The number of para-hydroxylation sites is 1. The van der Waals surface area contributed by atoms with E-state index in [1.807, 2.05) is 18.2 Å². The first-order valence-electron chi connectivity index (χ1n) is 7.48. The van der Waals surface area contributed by atoms with Crippen LogP contribution in [0.2, 0.25) is 5.02 Å². The summed E-state index contributed by atoms with van der Waals surface area (Å²) in [6, 6.07) is 15.7. The lowest BCUT2D eigenvalue weighted by Crippen LogP contribution is -2.39. The number of nitrogens with one attached hydrogen (secondary N) is 2. The van der Waals surface area contributed by atoms with Crippen LogP contribution in [0, 0.1) is 0 Å². The number of aromatic amines is 1. The van der Waals surface area contributed by atoms with Crippen molar-refractivity contribution in [3.63, 3.8) is 0 Å². The minimum Gasteiger partial charge on any atom is -0.320 e. The van der Waals surface area contributed by atoms with Crippen molar-refractivity contribution in [2.45, 2.75) is 6.54 Å². The Morgan fingerprint density at radius 1 is 1.04 bits per heavy atom. The van der Waals surface area contributed by atoms with Crippen LogP contribution in [0.15, 0.2) is 70.4 Å². The molecule has 0 fully saturated rings. The maximum Gasteiger partial charge on any atom is 0.328 e. The highest BCUT2D eigenvalue weighted by atomic mass is 35.5. The van der Waals surface area contributed by atoms with E-state index >= 15 is 0 Å². The molecule has 2 N–H and O–H groups in total. The van der Waals surface area contributed by atoms with Gasteiger partial charge in [-0.15, -0.1) is 0 Å². The second-order valence-electron chi connectivity index (χ2n) is 5.32. The van der Waals surface area contributed by atoms with E-state index < -0.39 is 17.2 Å². The zero-order valence-electron chi connectivity index (χ0n) is 13.0. The van der Waals surface area contributed by atoms with E-state index in [4.69, 9.17) is 11.6 Å². The largest absolute Gasteiger partial charge is 0.328 e. The first kappa shape index (κ1) is 16.7. The van der Waals surface area contributed by atoms with Crippen molar-refractivity contribution in [2.24, 2.45) is 0 Å². The molecule has 1 aromatic heterocycles. The second kappa shape index (κ2) is 7.19. The molecular formula is C18H14ClN3O3. The number of anilines is 1. The summed E-state index contributed by atoms with van der Waals surface area (Å²) < 4.78 is 0.983. The monoisotopic (exact) mass is 355 g/mol. The summed E-state index contributed by atoms with van der Waals surface area (Å²) in [5.74, 6) is -0.642. The zero-order chi connectivity index (χ0) is 17.8. The van der Waals surface area contributed by atoms with Crippen LogP contribution >= 0.6 is 11.6 Å². The molecule has 0 aliphatic heterocycles. The van der Waals surface area contributed by atoms with Gasteiger partial charge in [0.1, 0.15) is 5.56 Å². The third-order valence-corrected chi connectivity index (χ3v) is 3.94. The molecule has 0 unspecified atom stereocenters. The number of hydrogen-bond acceptors (Lipinski definition) is 3. The standard InChI is InChI=1S/C18H14ClN3O3/c19-14-8-4-5-9-15(14)21-16(23)13-10-20-18(25)22(17(13)24)11-12-6-2-1-3-7-12/h1-10H,11H2,(H,20,25)(H,21,23). The van der Waals surface area contributed by atoms with Crippen LogP contribution in [-0.2, 0) is 6.54 Å². The fraction of sp³-hybridized carbons (Fsp3) is 0.0556. The third-order valence-electron chi connectivity index (χ3n) is 3.61. The SMILES string of the molecule is O=C(Nc1ccccc1Cl)c1c[nH]c(=O)n(Cc2ccccc2)c1=O. The van der Waals surface area contributed by atoms with E-state index in [1.54, 1.807) is 36.4 Å². The summed E-state index contributed by atoms with van der Waals surface area (Å²) in [6.07, 6.45) is 1.11. The van der Waals surface area contributed by atoms with Gasteiger partial charge in [0, 0.05) is 6.20 Å². The Hall–Kier alpha value is -3.12. The second-order valence-corrected chi connectivity index (χ2v) is 5.73. The number of benzene rings is 2. The summed E-state index contributed by atoms with van der Waals surface area (Å²) in [5, 5.41) is 2.92. The summed E-state index contributed by atoms with van der Waals surface area (Å²) in [7, 11) is 0. The van der Waals surface area contributed by atoms with E-state index in [-0.39, 0.29) is 12.1 Å². The third kappa shape index (κ3) is 3.70. The number of halogens is 1. The Labute approximate surface area is 147 Å². The highest BCUT2D eigenvalue weighted by molar-refractivity contribution is 6.33. The Morgan fingerprint density at radius 2 is 1.72 bits per heavy atom. The average Bonchev–Trinajstić information content (AvgIpc) is 2.61. The topological polar surface area (TPSA) is 84.0 Å². The molecule has 3 aromatic rings. The van der Waals surface area contributed by atoms with Crippen molar-refractivity contribution in [1.29, 1.82) is 0 Å². The molecule has 0 aliphatic rings. The van der Waals surface area contributed by atoms with Crippen molar-refractivity contribution >= 4 is 23.2 Å². The van der Waals surface area contributed by atoms with Crippen LogP contribution in [-0.4, -0.2) is 15.5 Å². The Morgan fingerprint density at radius 3 is 2.44 bits per heavy atom. The fourth-order valence-electron chi connectivity index (χ4n) is 2.34. The number of carbonyl (C=O) groups is 1. The summed E-state index contributed by atoms with van der Waals surface area (Å²) >= 11 is 6.00. The van der Waals surface area contributed by atoms with Gasteiger partial charge in [0.2, 0.25) is 0 Å². The van der Waals surface area contributed by atoms with Crippen LogP contribution in [0.5, 0.6) is 0 Å². The molecule has 2 aromatic carbocycles. The molecule has 0 saturated carbocycles. The Kier molecular flexibility index (Phi) is 4.81. The number of rotatable bonds is 4. The van der Waals surface area contributed by atoms with Gasteiger partial charge in [-0.1, -0.05) is 54.1 Å². The van der Waals surface area contributed by atoms with Crippen LogP contribution in [0.25, 0.3) is 0 Å². The highest BCUT2D eigenvalue weighted by Gasteiger charge is 2.16. The number of aromatic nitrogens is 2. The number of carbonyl (C=O) groups excluding carboxylic acids is 1. The summed E-state index contributed by atoms with van der Waals surface area (Å²) in [5.41, 5.74) is -0.260. The number of hydrogen-bond donors (Lipinski definition) is 2. The average molecular weight is 356 g/mol. The number of nitrogens with zero attached hydrogens (tertiary/aromatic N) is 1. The lowest BCUT2D eigenvalue weighted by atomic mass is 10.2. The first-order valence-corrected chi connectivity index (χ1v) is 7.86. The van der Waals surface area contributed by atoms with Gasteiger partial charge in [-0.05, 0) is 17.7 Å². The van der Waals surface area contributed by atoms with Crippen LogP contribution in [0.4, 0.5) is 5.69 Å². The maximum absolute atomic E-state index is 12.6. The smallest absolute Gasteiger partial charge is 0.320 e. The van der Waals surface area contributed by atoms with Crippen molar-refractivity contribution in [1.82, 2.24) is 9.55 Å². The molecule has 0 saturated heterocycles. The van der Waals surface area contributed by atoms with E-state index in [0.717, 1.165) is 16.3 Å². The molecule has 0 atom stereocenters. The quantitative estimate of drug-likeness (QED) is 0.754. The van der Waals surface area contributed by atoms with Crippen molar-refractivity contribution in [3.8, 4) is 0 Å². The molecule has 1 heterocycles. The van der Waals surface area contributed by atoms with Crippen molar-refractivity contribution < 1.29 is 4.79 Å². The highest BCUT2D eigenvalue weighted by Crippen LogP contribution is 2.20. The fourth-order valence-corrected chi connectivity index (χ4v) is 2.52. The van der Waals surface area contributed by atoms with E-state index in [9.17, 15) is 14.4 Å². The zero-order valence-corrected chi connectivity index (χ0v) is 13.8. The molecule has 1 amide bonds. The van der Waals surface area contributed by atoms with Crippen molar-refractivity contribution in [2.75, 3.05) is 5.32 Å². The minimum atomic E-state index is -0.669. The molecule has 0 aliphatic carbocycles. The first-order chi connectivity index (χ1) is 12.1. The summed E-state index contributed by atoms with van der Waals surface area (Å²) in [4.78, 5) is 39.4. The minimum absolute atomic E-state index is 0.0716. The Balaban J connectivity index is 1.94. The van der Waals surface area contributed by atoms with Gasteiger partial charge in [0.05, 0.1) is 17.3 Å². The molecule has 7 heteroatoms. The van der Waals surface area contributed by atoms with Crippen LogP contribution < -0.4 is 16.6 Å². The number of H-pyrrole nitrogens is 1. The lowest BCUT2D eigenvalue weighted by Gasteiger charge is -2.09. The van der Waals surface area contributed by atoms with Gasteiger partial charge in [-0.3, -0.25) is 14.2 Å². The van der Waals surface area contributed by atoms with Crippen molar-refractivity contribution in [3.05, 3.63) is 97.8 Å². The maximum atomic E-state index is 12.6. The van der Waals surface area contributed by atoms with E-state index in [2.05, 4.69) is 10.3 Å². The van der Waals surface area contributed by atoms with E-state index in [1.165, 1.54) is 0 Å². The van der Waals surface area contributed by atoms with E-state index in [0.29, 0.717) is 10.7 Å². The van der Waals surface area contributed by atoms with Gasteiger partial charge in [0.15, 0.2) is 0 Å². The molecule has 0 bridgehead atoms. The molecule has 0 spiro atoms. The predicted molar refractivity (Wildman–Crippen MR) is 96.3 cm³/mol. The molecule has 126 valence electrons. The lowest BCUT2D eigenvalue weighted by molar-refractivity contribution is 0.102.